The minimum Gasteiger partial charge on any atom is -0.493 e. The van der Waals surface area contributed by atoms with Gasteiger partial charge in [0.1, 0.15) is 11.3 Å². The fraction of sp³-hybridized carbons (Fsp3) is 0.286. The predicted octanol–water partition coefficient (Wildman–Crippen LogP) is 3.45. The lowest BCUT2D eigenvalue weighted by Gasteiger charge is -2.10. The van der Waals surface area contributed by atoms with Crippen molar-refractivity contribution in [2.24, 2.45) is 0 Å². The summed E-state index contributed by atoms with van der Waals surface area (Å²) in [5, 5.41) is 2.60. The third kappa shape index (κ3) is 6.12. The summed E-state index contributed by atoms with van der Waals surface area (Å²) in [5.74, 6) is -1.15. The van der Waals surface area contributed by atoms with Crippen LogP contribution in [-0.4, -0.2) is 37.7 Å². The molecule has 1 amide bonds. The molecule has 0 fully saturated rings. The number of carbonyl (C=O) groups is 3. The van der Waals surface area contributed by atoms with E-state index in [1.54, 1.807) is 48.5 Å². The maximum absolute atomic E-state index is 12.2. The lowest BCUT2D eigenvalue weighted by molar-refractivity contribution is -0.119. The number of benzene rings is 2. The highest BCUT2D eigenvalue weighted by atomic mass is 16.5. The Morgan fingerprint density at radius 2 is 1.61 bits per heavy atom. The van der Waals surface area contributed by atoms with Crippen LogP contribution in [-0.2, 0) is 14.3 Å². The molecule has 0 aromatic heterocycles. The number of nitrogens with one attached hydrogen (secondary N) is 1. The highest BCUT2D eigenvalue weighted by molar-refractivity contribution is 5.97. The van der Waals surface area contributed by atoms with Crippen LogP contribution in [0.2, 0.25) is 0 Å². The summed E-state index contributed by atoms with van der Waals surface area (Å²) in [6, 6.07) is 12.9. The summed E-state index contributed by atoms with van der Waals surface area (Å²) >= 11 is 0. The molecule has 0 aliphatic carbocycles. The molecule has 0 saturated carbocycles. The first-order valence-corrected chi connectivity index (χ1v) is 9.01. The standard InChI is InChI=1S/C21H23NO6/c1-3-13-27-20(24)15-9-11-16(12-10-15)22-19(23)14-28-21(25)17-7-5-6-8-18(17)26-4-2/h5-12H,3-4,13-14H2,1-2H3,(H,22,23). The van der Waals surface area contributed by atoms with E-state index in [2.05, 4.69) is 5.32 Å². The molecule has 0 spiro atoms. The third-order valence-corrected chi connectivity index (χ3v) is 3.58. The van der Waals surface area contributed by atoms with Gasteiger partial charge in [-0.1, -0.05) is 19.1 Å². The Bertz CT molecular complexity index is 816. The van der Waals surface area contributed by atoms with Crippen molar-refractivity contribution in [1.29, 1.82) is 0 Å². The second-order valence-corrected chi connectivity index (χ2v) is 5.77. The molecule has 0 aliphatic rings. The summed E-state index contributed by atoms with van der Waals surface area (Å²) in [6.07, 6.45) is 0.744. The Labute approximate surface area is 163 Å². The average Bonchev–Trinajstić information content (AvgIpc) is 2.71. The van der Waals surface area contributed by atoms with Gasteiger partial charge in [0.15, 0.2) is 6.61 Å². The minimum atomic E-state index is -0.645. The van der Waals surface area contributed by atoms with E-state index in [0.717, 1.165) is 6.42 Å². The maximum Gasteiger partial charge on any atom is 0.342 e. The first-order chi connectivity index (χ1) is 13.5. The van der Waals surface area contributed by atoms with Gasteiger partial charge in [-0.3, -0.25) is 4.79 Å². The lowest BCUT2D eigenvalue weighted by Crippen LogP contribution is -2.21. The summed E-state index contributed by atoms with van der Waals surface area (Å²) < 4.78 is 15.5. The number of para-hydroxylation sites is 1. The number of hydrogen-bond donors (Lipinski definition) is 1. The summed E-state index contributed by atoms with van der Waals surface area (Å²) in [4.78, 5) is 35.9. The SMILES string of the molecule is CCCOC(=O)c1ccc(NC(=O)COC(=O)c2ccccc2OCC)cc1. The fourth-order valence-electron chi connectivity index (χ4n) is 2.29. The van der Waals surface area contributed by atoms with Crippen LogP contribution in [0.15, 0.2) is 48.5 Å². The molecular weight excluding hydrogens is 362 g/mol. The fourth-order valence-corrected chi connectivity index (χ4v) is 2.29. The molecule has 2 aromatic rings. The van der Waals surface area contributed by atoms with E-state index in [4.69, 9.17) is 14.2 Å². The minimum absolute atomic E-state index is 0.257. The topological polar surface area (TPSA) is 90.9 Å². The first-order valence-electron chi connectivity index (χ1n) is 9.01. The van der Waals surface area contributed by atoms with Crippen LogP contribution in [0.4, 0.5) is 5.69 Å². The van der Waals surface area contributed by atoms with E-state index in [0.29, 0.717) is 30.2 Å². The number of carbonyl (C=O) groups excluding carboxylic acids is 3. The number of rotatable bonds is 9. The zero-order valence-electron chi connectivity index (χ0n) is 15.9. The van der Waals surface area contributed by atoms with Gasteiger partial charge in [-0.15, -0.1) is 0 Å². The zero-order valence-corrected chi connectivity index (χ0v) is 15.9. The predicted molar refractivity (Wildman–Crippen MR) is 104 cm³/mol. The second kappa shape index (κ2) is 10.7. The average molecular weight is 385 g/mol. The molecule has 7 heteroatoms. The summed E-state index contributed by atoms with van der Waals surface area (Å²) in [5.41, 5.74) is 1.13. The van der Waals surface area contributed by atoms with E-state index in [-0.39, 0.29) is 5.56 Å². The van der Waals surface area contributed by atoms with Crippen molar-refractivity contribution in [2.75, 3.05) is 25.1 Å². The highest BCUT2D eigenvalue weighted by Gasteiger charge is 2.15. The monoisotopic (exact) mass is 385 g/mol. The van der Waals surface area contributed by atoms with Gasteiger partial charge in [0.2, 0.25) is 0 Å². The lowest BCUT2D eigenvalue weighted by atomic mass is 10.2. The smallest absolute Gasteiger partial charge is 0.342 e. The van der Waals surface area contributed by atoms with Gasteiger partial charge < -0.3 is 19.5 Å². The molecule has 0 atom stereocenters. The van der Waals surface area contributed by atoms with Crippen molar-refractivity contribution in [3.05, 3.63) is 59.7 Å². The molecule has 0 bridgehead atoms. The van der Waals surface area contributed by atoms with Crippen molar-refractivity contribution >= 4 is 23.5 Å². The van der Waals surface area contributed by atoms with Crippen LogP contribution < -0.4 is 10.1 Å². The number of amides is 1. The van der Waals surface area contributed by atoms with Gasteiger partial charge >= 0.3 is 11.9 Å². The van der Waals surface area contributed by atoms with Crippen molar-refractivity contribution in [2.45, 2.75) is 20.3 Å². The van der Waals surface area contributed by atoms with E-state index < -0.39 is 24.5 Å². The molecule has 28 heavy (non-hydrogen) atoms. The molecule has 148 valence electrons. The molecule has 7 nitrogen and oxygen atoms in total. The maximum atomic E-state index is 12.2. The Hall–Kier alpha value is -3.35. The van der Waals surface area contributed by atoms with E-state index in [1.165, 1.54) is 0 Å². The van der Waals surface area contributed by atoms with Gasteiger partial charge in [0.05, 0.1) is 18.8 Å². The molecule has 2 rings (SSSR count). The molecule has 2 aromatic carbocycles. The van der Waals surface area contributed by atoms with E-state index >= 15 is 0 Å². The zero-order chi connectivity index (χ0) is 20.4. The molecule has 0 aliphatic heterocycles. The van der Waals surface area contributed by atoms with E-state index in [1.807, 2.05) is 13.8 Å². The summed E-state index contributed by atoms with van der Waals surface area (Å²) in [7, 11) is 0. The molecule has 0 heterocycles. The molecular formula is C21H23NO6. The van der Waals surface area contributed by atoms with Crippen molar-refractivity contribution in [1.82, 2.24) is 0 Å². The van der Waals surface area contributed by atoms with Gasteiger partial charge in [-0.25, -0.2) is 9.59 Å². The molecule has 0 radical (unpaired) electrons. The summed E-state index contributed by atoms with van der Waals surface area (Å²) in [6.45, 7) is 4.04. The van der Waals surface area contributed by atoms with Crippen LogP contribution >= 0.6 is 0 Å². The first kappa shape index (κ1) is 21.0. The quantitative estimate of drug-likeness (QED) is 0.665. The van der Waals surface area contributed by atoms with Crippen LogP contribution in [0.25, 0.3) is 0 Å². The third-order valence-electron chi connectivity index (χ3n) is 3.58. The normalized spacial score (nSPS) is 10.1. The Kier molecular flexibility index (Phi) is 8.02. The molecule has 0 unspecified atom stereocenters. The molecule has 0 saturated heterocycles. The van der Waals surface area contributed by atoms with Crippen LogP contribution in [0.1, 0.15) is 41.0 Å². The number of ether oxygens (including phenoxy) is 3. The van der Waals surface area contributed by atoms with Crippen molar-refractivity contribution in [3.8, 4) is 5.75 Å². The van der Waals surface area contributed by atoms with Gasteiger partial charge in [0, 0.05) is 5.69 Å². The number of esters is 2. The Morgan fingerprint density at radius 1 is 0.893 bits per heavy atom. The van der Waals surface area contributed by atoms with Crippen molar-refractivity contribution in [3.63, 3.8) is 0 Å². The van der Waals surface area contributed by atoms with Crippen LogP contribution in [0.5, 0.6) is 5.75 Å². The van der Waals surface area contributed by atoms with Gasteiger partial charge in [0.25, 0.3) is 5.91 Å². The highest BCUT2D eigenvalue weighted by Crippen LogP contribution is 2.19. The van der Waals surface area contributed by atoms with Gasteiger partial charge in [-0.2, -0.15) is 0 Å². The number of anilines is 1. The Balaban J connectivity index is 1.87. The van der Waals surface area contributed by atoms with Gasteiger partial charge in [-0.05, 0) is 49.7 Å². The second-order valence-electron chi connectivity index (χ2n) is 5.77. The van der Waals surface area contributed by atoms with Crippen molar-refractivity contribution < 1.29 is 28.6 Å². The Morgan fingerprint density at radius 3 is 2.29 bits per heavy atom. The van der Waals surface area contributed by atoms with Crippen LogP contribution in [0.3, 0.4) is 0 Å². The van der Waals surface area contributed by atoms with Crippen LogP contribution in [0, 0.1) is 0 Å². The number of hydrogen-bond acceptors (Lipinski definition) is 6. The largest absolute Gasteiger partial charge is 0.493 e. The molecule has 1 N–H and O–H groups in total. The van der Waals surface area contributed by atoms with E-state index in [9.17, 15) is 14.4 Å².